The highest BCUT2D eigenvalue weighted by Gasteiger charge is 1.87. The van der Waals surface area contributed by atoms with Gasteiger partial charge in [0.15, 0.2) is 5.78 Å². The lowest BCUT2D eigenvalue weighted by Crippen LogP contribution is -1.80. The van der Waals surface area contributed by atoms with Gasteiger partial charge in [-0.05, 0) is 29.7 Å². The maximum absolute atomic E-state index is 10.7. The summed E-state index contributed by atoms with van der Waals surface area (Å²) in [6.07, 6.45) is 4.59. The Morgan fingerprint density at radius 1 is 1.64 bits per heavy atom. The molecule has 0 saturated carbocycles. The predicted molar refractivity (Wildman–Crippen MR) is 48.6 cm³/mol. The Morgan fingerprint density at radius 3 is 3.00 bits per heavy atom. The normalized spacial score (nSPS) is 10.2. The van der Waals surface area contributed by atoms with E-state index in [1.165, 1.54) is 12.2 Å². The molecule has 0 radical (unpaired) electrons. The second-order valence-corrected chi connectivity index (χ2v) is 2.93. The van der Waals surface area contributed by atoms with Crippen molar-refractivity contribution < 1.29 is 4.79 Å². The van der Waals surface area contributed by atoms with E-state index in [1.807, 2.05) is 17.5 Å². The van der Waals surface area contributed by atoms with Crippen molar-refractivity contribution >= 4 is 23.2 Å². The van der Waals surface area contributed by atoms with Crippen molar-refractivity contribution in [1.29, 1.82) is 0 Å². The first-order valence-electron chi connectivity index (χ1n) is 3.21. The molecule has 0 amide bonds. The fourth-order valence-corrected chi connectivity index (χ4v) is 1.24. The van der Waals surface area contributed by atoms with E-state index in [0.29, 0.717) is 0 Å². The molecule has 1 nitrogen and oxygen atoms in total. The van der Waals surface area contributed by atoms with Crippen LogP contribution in [0.5, 0.6) is 0 Å². The zero-order valence-corrected chi connectivity index (χ0v) is 6.80. The lowest BCUT2D eigenvalue weighted by molar-refractivity contribution is -0.110. The molecule has 1 aromatic heterocycles. The van der Waals surface area contributed by atoms with Crippen LogP contribution in [-0.2, 0) is 4.79 Å². The zero-order chi connectivity index (χ0) is 8.10. The van der Waals surface area contributed by atoms with Gasteiger partial charge in [-0.2, -0.15) is 0 Å². The number of carbonyl (C=O) groups excluding carboxylic acids is 1. The third-order valence-electron chi connectivity index (χ3n) is 1.16. The van der Waals surface area contributed by atoms with Crippen LogP contribution < -0.4 is 0 Å². The van der Waals surface area contributed by atoms with E-state index in [4.69, 9.17) is 0 Å². The second-order valence-electron chi connectivity index (χ2n) is 1.96. The average Bonchev–Trinajstić information content (AvgIpc) is 2.52. The van der Waals surface area contributed by atoms with Gasteiger partial charge in [0.25, 0.3) is 0 Å². The summed E-state index contributed by atoms with van der Waals surface area (Å²) in [6.45, 7) is 3.36. The lowest BCUT2D eigenvalue weighted by Gasteiger charge is -1.80. The van der Waals surface area contributed by atoms with Gasteiger partial charge in [0.1, 0.15) is 0 Å². The van der Waals surface area contributed by atoms with Crippen LogP contribution in [-0.4, -0.2) is 5.78 Å². The molecule has 1 rings (SSSR count). The first-order valence-corrected chi connectivity index (χ1v) is 4.09. The van der Waals surface area contributed by atoms with E-state index >= 15 is 0 Å². The average molecular weight is 164 g/mol. The van der Waals surface area contributed by atoms with Crippen LogP contribution in [0.1, 0.15) is 4.88 Å². The monoisotopic (exact) mass is 164 g/mol. The molecule has 0 atom stereocenters. The van der Waals surface area contributed by atoms with E-state index < -0.39 is 0 Å². The van der Waals surface area contributed by atoms with Crippen molar-refractivity contribution in [1.82, 2.24) is 0 Å². The third-order valence-corrected chi connectivity index (χ3v) is 1.99. The van der Waals surface area contributed by atoms with Crippen molar-refractivity contribution in [3.8, 4) is 0 Å². The van der Waals surface area contributed by atoms with Gasteiger partial charge in [-0.3, -0.25) is 4.79 Å². The highest BCUT2D eigenvalue weighted by Crippen LogP contribution is 2.09. The van der Waals surface area contributed by atoms with Crippen LogP contribution in [0, 0.1) is 0 Å². The van der Waals surface area contributed by atoms with Gasteiger partial charge in [-0.25, -0.2) is 0 Å². The minimum atomic E-state index is -0.0570. The van der Waals surface area contributed by atoms with Crippen LogP contribution >= 0.6 is 11.3 Å². The maximum Gasteiger partial charge on any atom is 0.178 e. The van der Waals surface area contributed by atoms with Gasteiger partial charge in [-0.1, -0.05) is 12.6 Å². The molecule has 56 valence electrons. The Balaban J connectivity index is 2.62. The van der Waals surface area contributed by atoms with Gasteiger partial charge in [0.2, 0.25) is 0 Å². The summed E-state index contributed by atoms with van der Waals surface area (Å²) < 4.78 is 0. The Bertz CT molecular complexity index is 270. The largest absolute Gasteiger partial charge is 0.290 e. The number of allylic oxidation sites excluding steroid dienone is 2. The molecule has 0 bridgehead atoms. The number of ketones is 1. The Kier molecular flexibility index (Phi) is 2.81. The van der Waals surface area contributed by atoms with Crippen LogP contribution in [0.4, 0.5) is 0 Å². The van der Waals surface area contributed by atoms with Crippen molar-refractivity contribution in [3.63, 3.8) is 0 Å². The van der Waals surface area contributed by atoms with Crippen LogP contribution in [0.2, 0.25) is 0 Å². The SMILES string of the molecule is C=CC(=O)C=Cc1cccs1. The van der Waals surface area contributed by atoms with E-state index in [9.17, 15) is 4.79 Å². The molecule has 0 N–H and O–H groups in total. The van der Waals surface area contributed by atoms with E-state index in [0.717, 1.165) is 4.88 Å². The minimum absolute atomic E-state index is 0.0570. The van der Waals surface area contributed by atoms with Crippen molar-refractivity contribution in [2.24, 2.45) is 0 Å². The van der Waals surface area contributed by atoms with Crippen molar-refractivity contribution in [2.75, 3.05) is 0 Å². The first kappa shape index (κ1) is 7.95. The van der Waals surface area contributed by atoms with Crippen LogP contribution in [0.25, 0.3) is 6.08 Å². The predicted octanol–water partition coefficient (Wildman–Crippen LogP) is 2.52. The van der Waals surface area contributed by atoms with Gasteiger partial charge in [0, 0.05) is 4.88 Å². The molecule has 0 saturated heterocycles. The molecule has 0 fully saturated rings. The first-order chi connectivity index (χ1) is 5.33. The topological polar surface area (TPSA) is 17.1 Å². The fourth-order valence-electron chi connectivity index (χ4n) is 0.618. The molecule has 0 unspecified atom stereocenters. The van der Waals surface area contributed by atoms with E-state index in [1.54, 1.807) is 17.4 Å². The molecule has 1 heterocycles. The van der Waals surface area contributed by atoms with Gasteiger partial charge in [0.05, 0.1) is 0 Å². The molecule has 0 aliphatic carbocycles. The second kappa shape index (κ2) is 3.88. The minimum Gasteiger partial charge on any atom is -0.290 e. The van der Waals surface area contributed by atoms with Crippen LogP contribution in [0.15, 0.2) is 36.2 Å². The maximum atomic E-state index is 10.7. The quantitative estimate of drug-likeness (QED) is 0.627. The summed E-state index contributed by atoms with van der Waals surface area (Å²) in [5, 5.41) is 1.97. The Labute approximate surface area is 69.7 Å². The summed E-state index contributed by atoms with van der Waals surface area (Å²) in [4.78, 5) is 11.8. The number of thiophene rings is 1. The molecule has 0 aliphatic heterocycles. The highest BCUT2D eigenvalue weighted by molar-refractivity contribution is 7.10. The summed E-state index contributed by atoms with van der Waals surface area (Å²) in [6, 6.07) is 3.90. The Hall–Kier alpha value is -1.15. The number of carbonyl (C=O) groups is 1. The van der Waals surface area contributed by atoms with Gasteiger partial charge >= 0.3 is 0 Å². The van der Waals surface area contributed by atoms with Gasteiger partial charge < -0.3 is 0 Å². The third kappa shape index (κ3) is 2.51. The fraction of sp³-hybridized carbons (Fsp3) is 0. The highest BCUT2D eigenvalue weighted by atomic mass is 32.1. The van der Waals surface area contributed by atoms with Gasteiger partial charge in [-0.15, -0.1) is 11.3 Å². The number of rotatable bonds is 3. The molecule has 0 aliphatic rings. The van der Waals surface area contributed by atoms with Crippen LogP contribution in [0.3, 0.4) is 0 Å². The van der Waals surface area contributed by atoms with Crippen molar-refractivity contribution in [3.05, 3.63) is 41.1 Å². The molecular formula is C9H8OS. The van der Waals surface area contributed by atoms with Crippen molar-refractivity contribution in [2.45, 2.75) is 0 Å². The Morgan fingerprint density at radius 2 is 2.45 bits per heavy atom. The molecular weight excluding hydrogens is 156 g/mol. The smallest absolute Gasteiger partial charge is 0.178 e. The molecule has 2 heteroatoms. The number of hydrogen-bond acceptors (Lipinski definition) is 2. The molecule has 11 heavy (non-hydrogen) atoms. The molecule has 1 aromatic rings. The summed E-state index contributed by atoms with van der Waals surface area (Å²) >= 11 is 1.60. The lowest BCUT2D eigenvalue weighted by atomic mass is 10.3. The van der Waals surface area contributed by atoms with E-state index in [-0.39, 0.29) is 5.78 Å². The molecule has 0 aromatic carbocycles. The number of hydrogen-bond donors (Lipinski definition) is 0. The van der Waals surface area contributed by atoms with E-state index in [2.05, 4.69) is 6.58 Å². The zero-order valence-electron chi connectivity index (χ0n) is 5.99. The molecule has 0 spiro atoms. The summed E-state index contributed by atoms with van der Waals surface area (Å²) in [5.41, 5.74) is 0. The standard InChI is InChI=1S/C9H8OS/c1-2-8(10)5-6-9-4-3-7-11-9/h2-7H,1H2. The summed E-state index contributed by atoms with van der Waals surface area (Å²) in [5.74, 6) is -0.0570. The summed E-state index contributed by atoms with van der Waals surface area (Å²) in [7, 11) is 0.